The van der Waals surface area contributed by atoms with Crippen LogP contribution in [0.5, 0.6) is 0 Å². The molecule has 4 nitrogen and oxygen atoms in total. The molecule has 0 aromatic carbocycles. The van der Waals surface area contributed by atoms with Gasteiger partial charge < -0.3 is 15.2 Å². The van der Waals surface area contributed by atoms with Crippen LogP contribution >= 0.6 is 11.8 Å². The van der Waals surface area contributed by atoms with E-state index in [1.54, 1.807) is 0 Å². The molecule has 92 valence electrons. The molecule has 2 aliphatic rings. The van der Waals surface area contributed by atoms with E-state index in [0.717, 1.165) is 13.0 Å². The van der Waals surface area contributed by atoms with Crippen LogP contribution in [0.15, 0.2) is 0 Å². The molecule has 0 bridgehead atoms. The highest BCUT2D eigenvalue weighted by Gasteiger charge is 2.30. The number of hydrogen-bond donors (Lipinski definition) is 2. The minimum Gasteiger partial charge on any atom is -0.479 e. The number of ether oxygens (including phenoxy) is 1. The molecular formula is C11H19NO3S. The van der Waals surface area contributed by atoms with E-state index >= 15 is 0 Å². The summed E-state index contributed by atoms with van der Waals surface area (Å²) >= 11 is 2.01. The highest BCUT2D eigenvalue weighted by atomic mass is 32.2. The smallest absolute Gasteiger partial charge is 0.332 e. The quantitative estimate of drug-likeness (QED) is 0.777. The van der Waals surface area contributed by atoms with Crippen LogP contribution in [0.1, 0.15) is 25.7 Å². The molecule has 0 aromatic heterocycles. The first-order valence-corrected chi connectivity index (χ1v) is 7.10. The third-order valence-electron chi connectivity index (χ3n) is 3.24. The van der Waals surface area contributed by atoms with Gasteiger partial charge in [-0.3, -0.25) is 0 Å². The molecule has 2 saturated heterocycles. The Labute approximate surface area is 100 Å². The summed E-state index contributed by atoms with van der Waals surface area (Å²) in [5, 5.41) is 12.3. The highest BCUT2D eigenvalue weighted by Crippen LogP contribution is 2.21. The van der Waals surface area contributed by atoms with Crippen LogP contribution in [0.4, 0.5) is 0 Å². The predicted octanol–water partition coefficient (Wildman–Crippen LogP) is 1.10. The molecule has 2 heterocycles. The molecule has 0 amide bonds. The fourth-order valence-corrected chi connectivity index (χ4v) is 3.34. The third kappa shape index (κ3) is 3.37. The molecule has 2 fully saturated rings. The number of nitrogens with one attached hydrogen (secondary N) is 1. The second-order valence-electron chi connectivity index (χ2n) is 4.46. The summed E-state index contributed by atoms with van der Waals surface area (Å²) in [5.74, 6) is 1.65. The van der Waals surface area contributed by atoms with Crippen LogP contribution in [0, 0.1) is 0 Å². The monoisotopic (exact) mass is 245 g/mol. The van der Waals surface area contributed by atoms with Gasteiger partial charge in [-0.15, -0.1) is 0 Å². The van der Waals surface area contributed by atoms with E-state index in [1.165, 1.54) is 24.3 Å². The lowest BCUT2D eigenvalue weighted by Gasteiger charge is -2.24. The normalized spacial score (nSPS) is 31.8. The summed E-state index contributed by atoms with van der Waals surface area (Å²) in [6.07, 6.45) is 3.48. The standard InChI is InChI=1S/C11H19NO3S/c13-11(14)10-2-1-9(15-10)7-12-8-3-5-16-6-4-8/h8-10,12H,1-7H2,(H,13,14). The van der Waals surface area contributed by atoms with Gasteiger partial charge in [-0.25, -0.2) is 4.79 Å². The van der Waals surface area contributed by atoms with E-state index in [-0.39, 0.29) is 6.10 Å². The van der Waals surface area contributed by atoms with Gasteiger partial charge in [0.2, 0.25) is 0 Å². The van der Waals surface area contributed by atoms with Gasteiger partial charge in [-0.1, -0.05) is 0 Å². The summed E-state index contributed by atoms with van der Waals surface area (Å²) < 4.78 is 5.45. The van der Waals surface area contributed by atoms with Gasteiger partial charge in [0.15, 0.2) is 6.10 Å². The molecule has 0 radical (unpaired) electrons. The highest BCUT2D eigenvalue weighted by molar-refractivity contribution is 7.99. The summed E-state index contributed by atoms with van der Waals surface area (Å²) in [6.45, 7) is 0.805. The van der Waals surface area contributed by atoms with Crippen molar-refractivity contribution in [3.63, 3.8) is 0 Å². The van der Waals surface area contributed by atoms with Crippen molar-refractivity contribution in [2.45, 2.75) is 43.9 Å². The van der Waals surface area contributed by atoms with Gasteiger partial charge in [0.25, 0.3) is 0 Å². The number of carboxylic acids is 1. The maximum atomic E-state index is 10.7. The van der Waals surface area contributed by atoms with Crippen LogP contribution < -0.4 is 5.32 Å². The minimum atomic E-state index is -0.823. The minimum absolute atomic E-state index is 0.0932. The fraction of sp³-hybridized carbons (Fsp3) is 0.909. The molecule has 0 aliphatic carbocycles. The molecule has 5 heteroatoms. The lowest BCUT2D eigenvalue weighted by atomic mass is 10.1. The summed E-state index contributed by atoms with van der Waals surface area (Å²) in [5.41, 5.74) is 0. The van der Waals surface area contributed by atoms with Gasteiger partial charge >= 0.3 is 5.97 Å². The van der Waals surface area contributed by atoms with E-state index < -0.39 is 12.1 Å². The number of rotatable bonds is 4. The maximum absolute atomic E-state index is 10.7. The number of carbonyl (C=O) groups is 1. The first-order valence-electron chi connectivity index (χ1n) is 5.95. The van der Waals surface area contributed by atoms with Gasteiger partial charge in [0.05, 0.1) is 6.10 Å². The van der Waals surface area contributed by atoms with E-state index in [2.05, 4.69) is 5.32 Å². The molecular weight excluding hydrogens is 226 g/mol. The molecule has 0 saturated carbocycles. The van der Waals surface area contributed by atoms with Crippen LogP contribution in [0.3, 0.4) is 0 Å². The van der Waals surface area contributed by atoms with Crippen molar-refractivity contribution in [3.05, 3.63) is 0 Å². The van der Waals surface area contributed by atoms with Crippen molar-refractivity contribution in [3.8, 4) is 0 Å². The summed E-state index contributed by atoms with van der Waals surface area (Å²) in [4.78, 5) is 10.7. The Balaban J connectivity index is 1.65. The summed E-state index contributed by atoms with van der Waals surface area (Å²) in [6, 6.07) is 0.605. The molecule has 0 spiro atoms. The van der Waals surface area contributed by atoms with Gasteiger partial charge in [-0.05, 0) is 37.2 Å². The lowest BCUT2D eigenvalue weighted by Crippen LogP contribution is -2.38. The van der Waals surface area contributed by atoms with Crippen LogP contribution in [-0.4, -0.2) is 47.4 Å². The Morgan fingerprint density at radius 2 is 2.06 bits per heavy atom. The first-order chi connectivity index (χ1) is 7.75. The van der Waals surface area contributed by atoms with Crippen molar-refractivity contribution in [1.82, 2.24) is 5.32 Å². The Hall–Kier alpha value is -0.260. The van der Waals surface area contributed by atoms with Crippen molar-refractivity contribution < 1.29 is 14.6 Å². The Kier molecular flexibility index (Phi) is 4.49. The largest absolute Gasteiger partial charge is 0.479 e. The number of thioether (sulfide) groups is 1. The molecule has 2 atom stereocenters. The zero-order valence-corrected chi connectivity index (χ0v) is 10.2. The van der Waals surface area contributed by atoms with Crippen molar-refractivity contribution in [2.24, 2.45) is 0 Å². The topological polar surface area (TPSA) is 58.6 Å². The van der Waals surface area contributed by atoms with Crippen molar-refractivity contribution >= 4 is 17.7 Å². The molecule has 2 aliphatic heterocycles. The fourth-order valence-electron chi connectivity index (χ4n) is 2.24. The SMILES string of the molecule is O=C(O)C1CCC(CNC2CCSCC2)O1. The van der Waals surface area contributed by atoms with E-state index in [1.807, 2.05) is 11.8 Å². The van der Waals surface area contributed by atoms with Crippen LogP contribution in [0.2, 0.25) is 0 Å². The lowest BCUT2D eigenvalue weighted by molar-refractivity contribution is -0.149. The summed E-state index contributed by atoms with van der Waals surface area (Å²) in [7, 11) is 0. The Morgan fingerprint density at radius 3 is 2.69 bits per heavy atom. The zero-order valence-electron chi connectivity index (χ0n) is 9.35. The molecule has 16 heavy (non-hydrogen) atoms. The number of carboxylic acid groups (broad SMARTS) is 1. The average molecular weight is 245 g/mol. The second-order valence-corrected chi connectivity index (χ2v) is 5.68. The Bertz CT molecular complexity index is 243. The van der Waals surface area contributed by atoms with Gasteiger partial charge in [-0.2, -0.15) is 11.8 Å². The Morgan fingerprint density at radius 1 is 1.31 bits per heavy atom. The third-order valence-corrected chi connectivity index (χ3v) is 4.29. The predicted molar refractivity (Wildman–Crippen MR) is 63.9 cm³/mol. The van der Waals surface area contributed by atoms with Gasteiger partial charge in [0, 0.05) is 12.6 Å². The van der Waals surface area contributed by atoms with E-state index in [4.69, 9.17) is 9.84 Å². The number of hydrogen-bond acceptors (Lipinski definition) is 4. The first kappa shape index (κ1) is 12.2. The van der Waals surface area contributed by atoms with Crippen LogP contribution in [-0.2, 0) is 9.53 Å². The van der Waals surface area contributed by atoms with Crippen LogP contribution in [0.25, 0.3) is 0 Å². The molecule has 2 N–H and O–H groups in total. The van der Waals surface area contributed by atoms with E-state index in [0.29, 0.717) is 12.5 Å². The second kappa shape index (κ2) is 5.89. The zero-order chi connectivity index (χ0) is 11.4. The molecule has 2 rings (SSSR count). The van der Waals surface area contributed by atoms with Crippen molar-refractivity contribution in [2.75, 3.05) is 18.1 Å². The number of aliphatic carboxylic acids is 1. The average Bonchev–Trinajstić information content (AvgIpc) is 2.76. The van der Waals surface area contributed by atoms with Gasteiger partial charge in [0.1, 0.15) is 0 Å². The van der Waals surface area contributed by atoms with E-state index in [9.17, 15) is 4.79 Å². The maximum Gasteiger partial charge on any atom is 0.332 e. The van der Waals surface area contributed by atoms with Crippen molar-refractivity contribution in [1.29, 1.82) is 0 Å². The molecule has 0 aromatic rings. The molecule has 2 unspecified atom stereocenters.